The van der Waals surface area contributed by atoms with Gasteiger partial charge in [0.15, 0.2) is 0 Å². The number of methoxy groups -OCH3 is 1. The SMILES string of the molecule is CCCn1c(=O)n(CCC(=O)NC2CCN(c3cc(Cl)ccc3OC)C2)c2ccccc21. The Morgan fingerprint density at radius 2 is 1.88 bits per heavy atom. The molecule has 3 aromatic rings. The number of benzene rings is 2. The molecule has 1 aliphatic rings. The van der Waals surface area contributed by atoms with Crippen LogP contribution in [0.5, 0.6) is 5.75 Å². The van der Waals surface area contributed by atoms with Gasteiger partial charge in [-0.2, -0.15) is 0 Å². The average Bonchev–Trinajstić information content (AvgIpc) is 3.35. The van der Waals surface area contributed by atoms with E-state index in [-0.39, 0.29) is 24.1 Å². The van der Waals surface area contributed by atoms with Crippen LogP contribution in [-0.4, -0.2) is 41.3 Å². The minimum absolute atomic E-state index is 0.0457. The van der Waals surface area contributed by atoms with Crippen molar-refractivity contribution in [3.63, 3.8) is 0 Å². The molecule has 0 spiro atoms. The lowest BCUT2D eigenvalue weighted by molar-refractivity contribution is -0.121. The predicted molar refractivity (Wildman–Crippen MR) is 128 cm³/mol. The monoisotopic (exact) mass is 456 g/mol. The number of fused-ring (bicyclic) bond motifs is 1. The van der Waals surface area contributed by atoms with Gasteiger partial charge in [0, 0.05) is 43.7 Å². The van der Waals surface area contributed by atoms with Gasteiger partial charge in [-0.1, -0.05) is 30.7 Å². The average molecular weight is 457 g/mol. The third-order valence-corrected chi connectivity index (χ3v) is 6.20. The number of ether oxygens (including phenoxy) is 1. The summed E-state index contributed by atoms with van der Waals surface area (Å²) in [5, 5.41) is 3.78. The number of anilines is 1. The lowest BCUT2D eigenvalue weighted by atomic mass is 10.2. The highest BCUT2D eigenvalue weighted by molar-refractivity contribution is 6.30. The molecule has 1 saturated heterocycles. The Bertz CT molecular complexity index is 1170. The minimum Gasteiger partial charge on any atom is -0.495 e. The number of carbonyl (C=O) groups excluding carboxylic acids is 1. The van der Waals surface area contributed by atoms with E-state index in [1.165, 1.54) is 0 Å². The highest BCUT2D eigenvalue weighted by atomic mass is 35.5. The molecular weight excluding hydrogens is 428 g/mol. The number of hydrogen-bond acceptors (Lipinski definition) is 4. The summed E-state index contributed by atoms with van der Waals surface area (Å²) in [6, 6.07) is 13.4. The summed E-state index contributed by atoms with van der Waals surface area (Å²) in [5.74, 6) is 0.721. The van der Waals surface area contributed by atoms with Crippen LogP contribution in [0, 0.1) is 0 Å². The first-order chi connectivity index (χ1) is 15.5. The molecule has 1 aliphatic heterocycles. The van der Waals surface area contributed by atoms with Crippen LogP contribution in [0.25, 0.3) is 11.0 Å². The zero-order valence-electron chi connectivity index (χ0n) is 18.5. The van der Waals surface area contributed by atoms with Crippen LogP contribution < -0.4 is 20.6 Å². The summed E-state index contributed by atoms with van der Waals surface area (Å²) in [4.78, 5) is 27.7. The van der Waals surface area contributed by atoms with Crippen molar-refractivity contribution < 1.29 is 9.53 Å². The number of aromatic nitrogens is 2. The van der Waals surface area contributed by atoms with Gasteiger partial charge in [0.05, 0.1) is 23.8 Å². The maximum atomic E-state index is 12.9. The van der Waals surface area contributed by atoms with Gasteiger partial charge >= 0.3 is 5.69 Å². The fourth-order valence-corrected chi connectivity index (χ4v) is 4.61. The number of para-hydroxylation sites is 2. The molecule has 2 aromatic carbocycles. The van der Waals surface area contributed by atoms with Crippen molar-refractivity contribution in [2.75, 3.05) is 25.1 Å². The fraction of sp³-hybridized carbons (Fsp3) is 0.417. The third kappa shape index (κ3) is 4.48. The number of rotatable bonds is 8. The molecule has 1 amide bonds. The number of halogens is 1. The minimum atomic E-state index is -0.0547. The number of aryl methyl sites for hydroxylation is 2. The van der Waals surface area contributed by atoms with Crippen LogP contribution in [0.4, 0.5) is 5.69 Å². The van der Waals surface area contributed by atoms with E-state index in [9.17, 15) is 9.59 Å². The number of nitrogens with zero attached hydrogens (tertiary/aromatic N) is 3. The molecule has 1 N–H and O–H groups in total. The van der Waals surface area contributed by atoms with Gasteiger partial charge in [-0.15, -0.1) is 0 Å². The second-order valence-electron chi connectivity index (χ2n) is 8.14. The Balaban J connectivity index is 1.39. The molecule has 4 rings (SSSR count). The quantitative estimate of drug-likeness (QED) is 0.561. The van der Waals surface area contributed by atoms with E-state index in [0.29, 0.717) is 24.7 Å². The van der Waals surface area contributed by atoms with Crippen LogP contribution >= 0.6 is 11.6 Å². The van der Waals surface area contributed by atoms with Gasteiger partial charge in [0.1, 0.15) is 5.75 Å². The Labute approximate surface area is 192 Å². The number of imidazole rings is 1. The molecule has 1 fully saturated rings. The van der Waals surface area contributed by atoms with Crippen molar-refractivity contribution >= 4 is 34.2 Å². The maximum absolute atomic E-state index is 12.9. The Morgan fingerprint density at radius 1 is 1.16 bits per heavy atom. The van der Waals surface area contributed by atoms with Gasteiger partial charge in [-0.3, -0.25) is 13.9 Å². The largest absolute Gasteiger partial charge is 0.495 e. The normalized spacial score (nSPS) is 16.0. The highest BCUT2D eigenvalue weighted by Crippen LogP contribution is 2.33. The standard InChI is InChI=1S/C24H29ClN4O3/c1-3-12-28-19-6-4-5-7-20(19)29(24(28)31)14-11-23(30)26-18-10-13-27(16-18)21-15-17(25)8-9-22(21)32-2/h4-9,15,18H,3,10-14,16H2,1-2H3,(H,26,30). The van der Waals surface area contributed by atoms with Crippen molar-refractivity contribution in [1.29, 1.82) is 0 Å². The van der Waals surface area contributed by atoms with Gasteiger partial charge < -0.3 is 15.0 Å². The summed E-state index contributed by atoms with van der Waals surface area (Å²) < 4.78 is 8.96. The van der Waals surface area contributed by atoms with E-state index in [1.54, 1.807) is 22.3 Å². The van der Waals surface area contributed by atoms with Crippen molar-refractivity contribution in [2.24, 2.45) is 0 Å². The lowest BCUT2D eigenvalue weighted by Crippen LogP contribution is -2.38. The van der Waals surface area contributed by atoms with Gasteiger partial charge in [0.25, 0.3) is 0 Å². The second kappa shape index (κ2) is 9.69. The van der Waals surface area contributed by atoms with E-state index < -0.39 is 0 Å². The number of carbonyl (C=O) groups is 1. The molecule has 170 valence electrons. The van der Waals surface area contributed by atoms with Crippen LogP contribution in [0.1, 0.15) is 26.2 Å². The molecule has 0 radical (unpaired) electrons. The molecular formula is C24H29ClN4O3. The van der Waals surface area contributed by atoms with Crippen molar-refractivity contribution in [3.8, 4) is 5.75 Å². The summed E-state index contributed by atoms with van der Waals surface area (Å²) in [5.41, 5.74) is 2.67. The molecule has 32 heavy (non-hydrogen) atoms. The Kier molecular flexibility index (Phi) is 6.74. The van der Waals surface area contributed by atoms with Gasteiger partial charge in [-0.25, -0.2) is 4.79 Å². The third-order valence-electron chi connectivity index (χ3n) is 5.97. The number of amides is 1. The van der Waals surface area contributed by atoms with E-state index >= 15 is 0 Å². The predicted octanol–water partition coefficient (Wildman–Crippen LogP) is 3.66. The molecule has 8 heteroatoms. The molecule has 7 nitrogen and oxygen atoms in total. The van der Waals surface area contributed by atoms with Gasteiger partial charge in [0.2, 0.25) is 5.91 Å². The van der Waals surface area contributed by atoms with Crippen molar-refractivity contribution in [3.05, 3.63) is 58.0 Å². The summed E-state index contributed by atoms with van der Waals surface area (Å²) in [7, 11) is 1.64. The second-order valence-corrected chi connectivity index (χ2v) is 8.58. The smallest absolute Gasteiger partial charge is 0.329 e. The Hall–Kier alpha value is -2.93. The first-order valence-corrected chi connectivity index (χ1v) is 11.5. The summed E-state index contributed by atoms with van der Waals surface area (Å²) >= 11 is 6.17. The summed E-state index contributed by atoms with van der Waals surface area (Å²) in [6.07, 6.45) is 1.98. The molecule has 1 unspecified atom stereocenters. The van der Waals surface area contributed by atoms with Gasteiger partial charge in [-0.05, 0) is 43.2 Å². The molecule has 1 atom stereocenters. The zero-order valence-corrected chi connectivity index (χ0v) is 19.3. The fourth-order valence-electron chi connectivity index (χ4n) is 4.45. The van der Waals surface area contributed by atoms with Crippen LogP contribution in [0.2, 0.25) is 5.02 Å². The van der Waals surface area contributed by atoms with E-state index in [4.69, 9.17) is 16.3 Å². The lowest BCUT2D eigenvalue weighted by Gasteiger charge is -2.21. The van der Waals surface area contributed by atoms with E-state index in [0.717, 1.165) is 41.9 Å². The first kappa shape index (κ1) is 22.3. The van der Waals surface area contributed by atoms with Crippen LogP contribution in [-0.2, 0) is 17.9 Å². The maximum Gasteiger partial charge on any atom is 0.329 e. The topological polar surface area (TPSA) is 68.5 Å². The van der Waals surface area contributed by atoms with Crippen molar-refractivity contribution in [2.45, 2.75) is 45.3 Å². The molecule has 0 bridgehead atoms. The first-order valence-electron chi connectivity index (χ1n) is 11.1. The number of hydrogen-bond donors (Lipinski definition) is 1. The molecule has 0 saturated carbocycles. The highest BCUT2D eigenvalue weighted by Gasteiger charge is 2.26. The molecule has 1 aromatic heterocycles. The summed E-state index contributed by atoms with van der Waals surface area (Å²) in [6.45, 7) is 4.59. The van der Waals surface area contributed by atoms with Crippen LogP contribution in [0.3, 0.4) is 0 Å². The Morgan fingerprint density at radius 3 is 2.56 bits per heavy atom. The molecule has 2 heterocycles. The van der Waals surface area contributed by atoms with Crippen LogP contribution in [0.15, 0.2) is 47.3 Å². The van der Waals surface area contributed by atoms with Crippen molar-refractivity contribution in [1.82, 2.24) is 14.5 Å². The molecule has 0 aliphatic carbocycles. The zero-order chi connectivity index (χ0) is 22.7. The van der Waals surface area contributed by atoms with E-state index in [1.807, 2.05) is 36.4 Å². The number of nitrogens with one attached hydrogen (secondary N) is 1. The van der Waals surface area contributed by atoms with E-state index in [2.05, 4.69) is 17.1 Å².